The van der Waals surface area contributed by atoms with Crippen molar-refractivity contribution < 1.29 is 4.79 Å². The molecule has 1 saturated carbocycles. The third kappa shape index (κ3) is 4.75. The molecule has 0 atom stereocenters. The van der Waals surface area contributed by atoms with Crippen molar-refractivity contribution in [3.05, 3.63) is 23.9 Å². The van der Waals surface area contributed by atoms with Gasteiger partial charge in [0.15, 0.2) is 0 Å². The van der Waals surface area contributed by atoms with Gasteiger partial charge in [-0.1, -0.05) is 12.8 Å². The second kappa shape index (κ2) is 9.09. The number of aromatic nitrogens is 1. The molecule has 0 unspecified atom stereocenters. The van der Waals surface area contributed by atoms with Crippen LogP contribution in [0.3, 0.4) is 0 Å². The van der Waals surface area contributed by atoms with Crippen LogP contribution in [0.1, 0.15) is 31.2 Å². The number of piperazine rings is 2. The minimum atomic E-state index is 0.0593. The van der Waals surface area contributed by atoms with E-state index < -0.39 is 0 Å². The monoisotopic (exact) mass is 386 g/mol. The summed E-state index contributed by atoms with van der Waals surface area (Å²) in [7, 11) is 2.16. The van der Waals surface area contributed by atoms with Gasteiger partial charge in [0.05, 0.1) is 0 Å². The molecule has 1 aromatic heterocycles. The highest BCUT2D eigenvalue weighted by molar-refractivity contribution is 5.74. The van der Waals surface area contributed by atoms with Crippen molar-refractivity contribution in [1.29, 1.82) is 0 Å². The lowest BCUT2D eigenvalue weighted by atomic mass is 10.2. The molecule has 2 aliphatic heterocycles. The van der Waals surface area contributed by atoms with E-state index in [-0.39, 0.29) is 6.03 Å². The van der Waals surface area contributed by atoms with E-state index >= 15 is 0 Å². The Bertz CT molecular complexity index is 646. The number of anilines is 1. The van der Waals surface area contributed by atoms with E-state index in [4.69, 9.17) is 0 Å². The molecule has 2 amide bonds. The van der Waals surface area contributed by atoms with Crippen molar-refractivity contribution in [2.24, 2.45) is 0 Å². The quantitative estimate of drug-likeness (QED) is 0.852. The molecule has 3 aliphatic rings. The van der Waals surface area contributed by atoms with E-state index in [2.05, 4.69) is 38.1 Å². The van der Waals surface area contributed by atoms with Crippen LogP contribution in [0.15, 0.2) is 18.3 Å². The maximum atomic E-state index is 12.6. The summed E-state index contributed by atoms with van der Waals surface area (Å²) in [6.07, 6.45) is 7.27. The number of nitrogens with zero attached hydrogens (tertiary/aromatic N) is 5. The molecule has 4 rings (SSSR count). The second-order valence-electron chi connectivity index (χ2n) is 8.43. The van der Waals surface area contributed by atoms with Crippen molar-refractivity contribution in [3.63, 3.8) is 0 Å². The molecule has 1 N–H and O–H groups in total. The van der Waals surface area contributed by atoms with Gasteiger partial charge in [-0.2, -0.15) is 0 Å². The Morgan fingerprint density at radius 1 is 1.07 bits per heavy atom. The third-order valence-corrected chi connectivity index (χ3v) is 6.52. The van der Waals surface area contributed by atoms with Gasteiger partial charge in [-0.15, -0.1) is 0 Å². The Hall–Kier alpha value is -1.86. The van der Waals surface area contributed by atoms with E-state index in [1.54, 1.807) is 0 Å². The Labute approximate surface area is 168 Å². The minimum Gasteiger partial charge on any atom is -0.354 e. The first-order valence-electron chi connectivity index (χ1n) is 10.8. The standard InChI is InChI=1S/C21H34N6O/c1-24-8-10-26(11-9-24)20-16-18(6-7-22-20)17-23-21(28)27-14-12-25(13-15-27)19-4-2-3-5-19/h6-7,16,19H,2-5,8-15,17H2,1H3,(H,23,28). The number of nitrogens with one attached hydrogen (secondary N) is 1. The van der Waals surface area contributed by atoms with Gasteiger partial charge in [-0.25, -0.2) is 9.78 Å². The maximum absolute atomic E-state index is 12.6. The normalized spacial score (nSPS) is 22.6. The fraction of sp³-hybridized carbons (Fsp3) is 0.714. The number of likely N-dealkylation sites (N-methyl/N-ethyl adjacent to an activating group) is 1. The molecule has 0 bridgehead atoms. The van der Waals surface area contributed by atoms with Crippen molar-refractivity contribution in [1.82, 2.24) is 25.0 Å². The van der Waals surface area contributed by atoms with E-state index in [1.807, 2.05) is 17.2 Å². The highest BCUT2D eigenvalue weighted by Gasteiger charge is 2.27. The zero-order valence-electron chi connectivity index (χ0n) is 17.1. The average molecular weight is 387 g/mol. The van der Waals surface area contributed by atoms with Crippen LogP contribution in [0, 0.1) is 0 Å². The summed E-state index contributed by atoms with van der Waals surface area (Å²) in [5.41, 5.74) is 1.11. The first kappa shape index (κ1) is 19.5. The summed E-state index contributed by atoms with van der Waals surface area (Å²) in [6, 6.07) is 4.93. The molecule has 2 saturated heterocycles. The lowest BCUT2D eigenvalue weighted by Crippen LogP contribution is -2.53. The smallest absolute Gasteiger partial charge is 0.317 e. The largest absolute Gasteiger partial charge is 0.354 e. The molecule has 28 heavy (non-hydrogen) atoms. The topological polar surface area (TPSA) is 55.0 Å². The van der Waals surface area contributed by atoms with Gasteiger partial charge in [0.2, 0.25) is 0 Å². The van der Waals surface area contributed by atoms with E-state index in [9.17, 15) is 4.79 Å². The van der Waals surface area contributed by atoms with Crippen LogP contribution in [0.4, 0.5) is 10.6 Å². The number of pyridine rings is 1. The Morgan fingerprint density at radius 2 is 1.79 bits per heavy atom. The maximum Gasteiger partial charge on any atom is 0.317 e. The summed E-state index contributed by atoms with van der Waals surface area (Å²) in [5.74, 6) is 1.02. The number of carbonyl (C=O) groups is 1. The number of hydrogen-bond donors (Lipinski definition) is 1. The fourth-order valence-electron chi connectivity index (χ4n) is 4.63. The highest BCUT2D eigenvalue weighted by atomic mass is 16.2. The van der Waals surface area contributed by atoms with Crippen LogP contribution >= 0.6 is 0 Å². The summed E-state index contributed by atoms with van der Waals surface area (Å²) in [5, 5.41) is 3.10. The molecular formula is C21H34N6O. The molecular weight excluding hydrogens is 352 g/mol. The second-order valence-corrected chi connectivity index (χ2v) is 8.43. The lowest BCUT2D eigenvalue weighted by Gasteiger charge is -2.38. The fourth-order valence-corrected chi connectivity index (χ4v) is 4.63. The van der Waals surface area contributed by atoms with Crippen LogP contribution in [-0.4, -0.2) is 91.2 Å². The summed E-state index contributed by atoms with van der Waals surface area (Å²) in [6.45, 7) is 8.41. The van der Waals surface area contributed by atoms with Crippen molar-refractivity contribution in [2.75, 3.05) is 64.3 Å². The van der Waals surface area contributed by atoms with Gasteiger partial charge in [0.25, 0.3) is 0 Å². The predicted molar refractivity (Wildman–Crippen MR) is 112 cm³/mol. The summed E-state index contributed by atoms with van der Waals surface area (Å²) >= 11 is 0. The number of carbonyl (C=O) groups excluding carboxylic acids is 1. The zero-order valence-corrected chi connectivity index (χ0v) is 17.1. The molecule has 0 radical (unpaired) electrons. The average Bonchev–Trinajstić information content (AvgIpc) is 3.28. The molecule has 3 heterocycles. The van der Waals surface area contributed by atoms with E-state index in [0.717, 1.165) is 69.8 Å². The van der Waals surface area contributed by atoms with Crippen LogP contribution in [-0.2, 0) is 6.54 Å². The molecule has 1 aliphatic carbocycles. The van der Waals surface area contributed by atoms with Crippen LogP contribution < -0.4 is 10.2 Å². The van der Waals surface area contributed by atoms with Crippen molar-refractivity contribution >= 4 is 11.8 Å². The van der Waals surface area contributed by atoms with Gasteiger partial charge in [-0.05, 0) is 37.6 Å². The van der Waals surface area contributed by atoms with Crippen molar-refractivity contribution in [3.8, 4) is 0 Å². The minimum absolute atomic E-state index is 0.0593. The lowest BCUT2D eigenvalue weighted by molar-refractivity contribution is 0.109. The van der Waals surface area contributed by atoms with Crippen LogP contribution in [0.5, 0.6) is 0 Å². The molecule has 7 heteroatoms. The first-order chi connectivity index (χ1) is 13.7. The summed E-state index contributed by atoms with van der Waals surface area (Å²) < 4.78 is 0. The number of rotatable bonds is 4. The Kier molecular flexibility index (Phi) is 6.32. The van der Waals surface area contributed by atoms with Gasteiger partial charge >= 0.3 is 6.03 Å². The summed E-state index contributed by atoms with van der Waals surface area (Å²) in [4.78, 5) is 26.3. The van der Waals surface area contributed by atoms with Gasteiger partial charge < -0.3 is 20.0 Å². The molecule has 1 aromatic rings. The van der Waals surface area contributed by atoms with Gasteiger partial charge in [0.1, 0.15) is 5.82 Å². The predicted octanol–water partition coefficient (Wildman–Crippen LogP) is 1.60. The van der Waals surface area contributed by atoms with Crippen LogP contribution in [0.2, 0.25) is 0 Å². The van der Waals surface area contributed by atoms with Gasteiger partial charge in [-0.3, -0.25) is 4.90 Å². The van der Waals surface area contributed by atoms with E-state index in [1.165, 1.54) is 25.7 Å². The Balaban J connectivity index is 1.24. The third-order valence-electron chi connectivity index (χ3n) is 6.52. The Morgan fingerprint density at radius 3 is 2.50 bits per heavy atom. The molecule has 7 nitrogen and oxygen atoms in total. The molecule has 0 aromatic carbocycles. The first-order valence-corrected chi connectivity index (χ1v) is 10.8. The molecule has 3 fully saturated rings. The van der Waals surface area contributed by atoms with Crippen molar-refractivity contribution in [2.45, 2.75) is 38.3 Å². The molecule has 0 spiro atoms. The van der Waals surface area contributed by atoms with E-state index in [0.29, 0.717) is 6.54 Å². The SMILES string of the molecule is CN1CCN(c2cc(CNC(=O)N3CCN(C4CCCC4)CC3)ccn2)CC1. The molecule has 154 valence electrons. The highest BCUT2D eigenvalue weighted by Crippen LogP contribution is 2.24. The van der Waals surface area contributed by atoms with Crippen LogP contribution in [0.25, 0.3) is 0 Å². The zero-order chi connectivity index (χ0) is 19.3. The number of amides is 2. The number of urea groups is 1. The number of hydrogen-bond acceptors (Lipinski definition) is 5. The van der Waals surface area contributed by atoms with Gasteiger partial charge in [0, 0.05) is 71.1 Å².